The van der Waals surface area contributed by atoms with Crippen molar-refractivity contribution in [3.63, 3.8) is 0 Å². The predicted octanol–water partition coefficient (Wildman–Crippen LogP) is 2.99. The fraction of sp³-hybridized carbons (Fsp3) is 0.500. The molecule has 2 rings (SSSR count). The van der Waals surface area contributed by atoms with Crippen molar-refractivity contribution in [2.75, 3.05) is 6.54 Å². The Morgan fingerprint density at radius 1 is 1.42 bits per heavy atom. The van der Waals surface area contributed by atoms with Crippen LogP contribution in [0.15, 0.2) is 28.1 Å². The van der Waals surface area contributed by atoms with Crippen LogP contribution in [0.5, 0.6) is 0 Å². The zero-order chi connectivity index (χ0) is 13.8. The highest BCUT2D eigenvalue weighted by Crippen LogP contribution is 2.25. The van der Waals surface area contributed by atoms with Crippen LogP contribution in [0.25, 0.3) is 10.6 Å². The third-order valence-corrected chi connectivity index (χ3v) is 3.80. The molecule has 0 aliphatic heterocycles. The van der Waals surface area contributed by atoms with Gasteiger partial charge in [-0.1, -0.05) is 11.2 Å². The van der Waals surface area contributed by atoms with E-state index in [1.807, 2.05) is 23.6 Å². The van der Waals surface area contributed by atoms with Gasteiger partial charge in [-0.25, -0.2) is 0 Å². The largest absolute Gasteiger partial charge is 0.392 e. The SMILES string of the molecule is CC(O)CN(Cc1cc(-c2cccs2)on1)C(C)C. The summed E-state index contributed by atoms with van der Waals surface area (Å²) in [5, 5.41) is 15.7. The molecule has 1 N–H and O–H groups in total. The van der Waals surface area contributed by atoms with Crippen molar-refractivity contribution >= 4 is 11.3 Å². The summed E-state index contributed by atoms with van der Waals surface area (Å²) in [6.07, 6.45) is -0.342. The second kappa shape index (κ2) is 6.32. The van der Waals surface area contributed by atoms with E-state index in [1.54, 1.807) is 18.3 Å². The molecule has 0 spiro atoms. The average Bonchev–Trinajstić information content (AvgIpc) is 2.97. The fourth-order valence-corrected chi connectivity index (χ4v) is 2.60. The minimum Gasteiger partial charge on any atom is -0.392 e. The van der Waals surface area contributed by atoms with Gasteiger partial charge < -0.3 is 9.63 Å². The Kier molecular flexibility index (Phi) is 4.74. The fourth-order valence-electron chi connectivity index (χ4n) is 1.93. The number of hydrogen-bond donors (Lipinski definition) is 1. The van der Waals surface area contributed by atoms with E-state index >= 15 is 0 Å². The molecule has 0 amide bonds. The zero-order valence-corrected chi connectivity index (χ0v) is 12.4. The molecule has 2 aromatic heterocycles. The van der Waals surface area contributed by atoms with Crippen molar-refractivity contribution in [1.29, 1.82) is 0 Å². The molecule has 1 atom stereocenters. The van der Waals surface area contributed by atoms with Crippen LogP contribution in [-0.2, 0) is 6.54 Å². The first-order valence-electron chi connectivity index (χ1n) is 6.48. The Balaban J connectivity index is 2.06. The monoisotopic (exact) mass is 280 g/mol. The van der Waals surface area contributed by atoms with Crippen LogP contribution in [0.4, 0.5) is 0 Å². The first-order chi connectivity index (χ1) is 9.06. The molecule has 19 heavy (non-hydrogen) atoms. The molecule has 0 aliphatic rings. The molecule has 104 valence electrons. The number of rotatable bonds is 6. The summed E-state index contributed by atoms with van der Waals surface area (Å²) < 4.78 is 5.37. The van der Waals surface area contributed by atoms with Crippen molar-refractivity contribution in [3.8, 4) is 10.6 Å². The second-order valence-corrected chi connectivity index (χ2v) is 5.98. The maximum Gasteiger partial charge on any atom is 0.177 e. The number of thiophene rings is 1. The van der Waals surface area contributed by atoms with E-state index in [4.69, 9.17) is 4.52 Å². The van der Waals surface area contributed by atoms with E-state index in [2.05, 4.69) is 23.9 Å². The Morgan fingerprint density at radius 2 is 2.21 bits per heavy atom. The summed E-state index contributed by atoms with van der Waals surface area (Å²) in [5.74, 6) is 0.811. The lowest BCUT2D eigenvalue weighted by molar-refractivity contribution is 0.101. The molecule has 2 heterocycles. The summed E-state index contributed by atoms with van der Waals surface area (Å²) >= 11 is 1.64. The highest BCUT2D eigenvalue weighted by Gasteiger charge is 2.15. The number of hydrogen-bond acceptors (Lipinski definition) is 5. The van der Waals surface area contributed by atoms with E-state index in [9.17, 15) is 5.11 Å². The Morgan fingerprint density at radius 3 is 2.79 bits per heavy atom. The van der Waals surface area contributed by atoms with Crippen LogP contribution < -0.4 is 0 Å². The molecule has 0 fully saturated rings. The molecule has 0 aromatic carbocycles. The molecule has 0 saturated carbocycles. The van der Waals surface area contributed by atoms with Crippen LogP contribution in [-0.4, -0.2) is 33.9 Å². The summed E-state index contributed by atoms with van der Waals surface area (Å²) in [4.78, 5) is 3.27. The first kappa shape index (κ1) is 14.2. The van der Waals surface area contributed by atoms with E-state index in [0.29, 0.717) is 19.1 Å². The minimum absolute atomic E-state index is 0.342. The van der Waals surface area contributed by atoms with Crippen molar-refractivity contribution in [2.45, 2.75) is 39.5 Å². The van der Waals surface area contributed by atoms with Gasteiger partial charge in [0.15, 0.2) is 5.76 Å². The summed E-state index contributed by atoms with van der Waals surface area (Å²) in [5.41, 5.74) is 0.901. The lowest BCUT2D eigenvalue weighted by Gasteiger charge is -2.26. The molecule has 0 aliphatic carbocycles. The van der Waals surface area contributed by atoms with Gasteiger partial charge in [-0.3, -0.25) is 4.90 Å². The first-order valence-corrected chi connectivity index (χ1v) is 7.36. The smallest absolute Gasteiger partial charge is 0.177 e. The van der Waals surface area contributed by atoms with Gasteiger partial charge in [-0.2, -0.15) is 0 Å². The summed E-state index contributed by atoms with van der Waals surface area (Å²) in [7, 11) is 0. The average molecular weight is 280 g/mol. The van der Waals surface area contributed by atoms with Gasteiger partial charge in [0.05, 0.1) is 16.7 Å². The van der Waals surface area contributed by atoms with Gasteiger partial charge in [0.25, 0.3) is 0 Å². The number of aliphatic hydroxyl groups is 1. The maximum absolute atomic E-state index is 9.52. The molecular formula is C14H20N2O2S. The molecule has 2 aromatic rings. The summed E-state index contributed by atoms with van der Waals surface area (Å²) in [6.45, 7) is 7.36. The molecule has 5 heteroatoms. The second-order valence-electron chi connectivity index (χ2n) is 5.03. The van der Waals surface area contributed by atoms with Gasteiger partial charge >= 0.3 is 0 Å². The van der Waals surface area contributed by atoms with Gasteiger partial charge in [0.2, 0.25) is 0 Å². The van der Waals surface area contributed by atoms with Gasteiger partial charge in [0, 0.05) is 25.2 Å². The molecule has 0 saturated heterocycles. The molecule has 1 unspecified atom stereocenters. The standard InChI is InChI=1S/C14H20N2O2S/c1-10(2)16(8-11(3)17)9-12-7-13(18-15-12)14-5-4-6-19-14/h4-7,10-11,17H,8-9H2,1-3H3. The van der Waals surface area contributed by atoms with Crippen molar-refractivity contribution in [2.24, 2.45) is 0 Å². The van der Waals surface area contributed by atoms with E-state index in [-0.39, 0.29) is 6.10 Å². The van der Waals surface area contributed by atoms with E-state index in [0.717, 1.165) is 16.3 Å². The van der Waals surface area contributed by atoms with Gasteiger partial charge in [-0.05, 0) is 32.2 Å². The predicted molar refractivity (Wildman–Crippen MR) is 77.0 cm³/mol. The third kappa shape index (κ3) is 3.89. The molecule has 4 nitrogen and oxygen atoms in total. The van der Waals surface area contributed by atoms with Crippen LogP contribution in [0, 0.1) is 0 Å². The molecular weight excluding hydrogens is 260 g/mol. The molecule has 0 radical (unpaired) electrons. The quantitative estimate of drug-likeness (QED) is 0.883. The van der Waals surface area contributed by atoms with Gasteiger partial charge in [-0.15, -0.1) is 11.3 Å². The van der Waals surface area contributed by atoms with Crippen molar-refractivity contribution in [1.82, 2.24) is 10.1 Å². The zero-order valence-electron chi connectivity index (χ0n) is 11.5. The lowest BCUT2D eigenvalue weighted by atomic mass is 10.2. The van der Waals surface area contributed by atoms with Crippen LogP contribution in [0.3, 0.4) is 0 Å². The van der Waals surface area contributed by atoms with Crippen molar-refractivity contribution in [3.05, 3.63) is 29.3 Å². The topological polar surface area (TPSA) is 49.5 Å². The third-order valence-electron chi connectivity index (χ3n) is 2.92. The Bertz CT molecular complexity index is 491. The van der Waals surface area contributed by atoms with E-state index in [1.165, 1.54) is 0 Å². The Hall–Kier alpha value is -1.17. The number of aliphatic hydroxyl groups excluding tert-OH is 1. The number of aromatic nitrogens is 1. The summed E-state index contributed by atoms with van der Waals surface area (Å²) in [6, 6.07) is 6.35. The van der Waals surface area contributed by atoms with E-state index < -0.39 is 0 Å². The van der Waals surface area contributed by atoms with Crippen LogP contribution in [0.2, 0.25) is 0 Å². The minimum atomic E-state index is -0.342. The van der Waals surface area contributed by atoms with Crippen LogP contribution in [0.1, 0.15) is 26.5 Å². The normalized spacial score (nSPS) is 13.4. The highest BCUT2D eigenvalue weighted by atomic mass is 32.1. The Labute approximate surface area is 117 Å². The number of nitrogens with zero attached hydrogens (tertiary/aromatic N) is 2. The van der Waals surface area contributed by atoms with Crippen molar-refractivity contribution < 1.29 is 9.63 Å². The molecule has 0 bridgehead atoms. The maximum atomic E-state index is 9.52. The lowest BCUT2D eigenvalue weighted by Crippen LogP contribution is -2.36. The van der Waals surface area contributed by atoms with Crippen LogP contribution >= 0.6 is 11.3 Å². The van der Waals surface area contributed by atoms with Gasteiger partial charge in [0.1, 0.15) is 0 Å². The highest BCUT2D eigenvalue weighted by molar-refractivity contribution is 7.13.